The molecule has 0 saturated carbocycles. The maximum atomic E-state index is 13.5. The first-order valence-corrected chi connectivity index (χ1v) is 8.26. The fourth-order valence-electron chi connectivity index (χ4n) is 1.92. The fraction of sp³-hybridized carbons (Fsp3) is 0.250. The van der Waals surface area contributed by atoms with Crippen molar-refractivity contribution in [2.75, 3.05) is 6.54 Å². The lowest BCUT2D eigenvalue weighted by Crippen LogP contribution is -2.13. The molecule has 0 saturated heterocycles. The number of hydrogen-bond donors (Lipinski definition) is 1. The zero-order valence-electron chi connectivity index (χ0n) is 11.6. The summed E-state index contributed by atoms with van der Waals surface area (Å²) >= 11 is 6.76. The van der Waals surface area contributed by atoms with E-state index < -0.39 is 0 Å². The Kier molecular flexibility index (Phi) is 6.21. The van der Waals surface area contributed by atoms with Gasteiger partial charge >= 0.3 is 0 Å². The molecular formula is C16H16Br2FNO. The number of ether oxygens (including phenoxy) is 1. The highest BCUT2D eigenvalue weighted by Gasteiger charge is 2.10. The predicted octanol–water partition coefficient (Wildman–Crippen LogP) is 5.04. The molecule has 2 nitrogen and oxygen atoms in total. The van der Waals surface area contributed by atoms with Crippen LogP contribution in [0.1, 0.15) is 18.1 Å². The van der Waals surface area contributed by atoms with E-state index in [0.29, 0.717) is 11.1 Å². The van der Waals surface area contributed by atoms with E-state index in [0.717, 1.165) is 34.4 Å². The van der Waals surface area contributed by atoms with Gasteiger partial charge in [-0.25, -0.2) is 4.39 Å². The summed E-state index contributed by atoms with van der Waals surface area (Å²) in [6.07, 6.45) is 0. The molecule has 21 heavy (non-hydrogen) atoms. The van der Waals surface area contributed by atoms with Crippen molar-refractivity contribution in [3.05, 3.63) is 62.3 Å². The second kappa shape index (κ2) is 7.92. The van der Waals surface area contributed by atoms with Gasteiger partial charge in [0.2, 0.25) is 0 Å². The molecule has 112 valence electrons. The fourth-order valence-corrected chi connectivity index (χ4v) is 2.82. The summed E-state index contributed by atoms with van der Waals surface area (Å²) in [6.45, 7) is 3.99. The topological polar surface area (TPSA) is 21.3 Å². The van der Waals surface area contributed by atoms with Gasteiger partial charge in [0.1, 0.15) is 18.2 Å². The highest BCUT2D eigenvalue weighted by Crippen LogP contribution is 2.31. The van der Waals surface area contributed by atoms with Crippen LogP contribution in [0.25, 0.3) is 0 Å². The molecule has 0 heterocycles. The van der Waals surface area contributed by atoms with Crippen LogP contribution in [0.2, 0.25) is 0 Å². The largest absolute Gasteiger partial charge is 0.487 e. The molecule has 0 radical (unpaired) electrons. The number of para-hydroxylation sites is 1. The molecule has 0 unspecified atom stereocenters. The van der Waals surface area contributed by atoms with Crippen LogP contribution < -0.4 is 10.1 Å². The average Bonchev–Trinajstić information content (AvgIpc) is 2.48. The Morgan fingerprint density at radius 2 is 1.81 bits per heavy atom. The Balaban J connectivity index is 2.17. The summed E-state index contributed by atoms with van der Waals surface area (Å²) in [6, 6.07) is 10.9. The highest BCUT2D eigenvalue weighted by molar-refractivity contribution is 9.10. The molecule has 0 aliphatic carbocycles. The second-order valence-electron chi connectivity index (χ2n) is 4.51. The third-order valence-corrected chi connectivity index (χ3v) is 4.53. The third-order valence-electron chi connectivity index (χ3n) is 3.02. The summed E-state index contributed by atoms with van der Waals surface area (Å²) in [5, 5.41) is 3.28. The standard InChI is InChI=1S/C16H16Br2FNO/c1-2-20-9-11-5-3-7-13(17)16(11)21-10-12-6-4-8-14(19)15(12)18/h3-8,20H,2,9-10H2,1H3. The lowest BCUT2D eigenvalue weighted by atomic mass is 10.2. The molecule has 0 aromatic heterocycles. The van der Waals surface area contributed by atoms with Crippen LogP contribution >= 0.6 is 31.9 Å². The Bertz CT molecular complexity index is 619. The minimum absolute atomic E-state index is 0.281. The Hall–Kier alpha value is -0.910. The van der Waals surface area contributed by atoms with E-state index in [1.807, 2.05) is 24.3 Å². The molecule has 0 amide bonds. The molecule has 0 aliphatic rings. The van der Waals surface area contributed by atoms with Crippen molar-refractivity contribution in [3.63, 3.8) is 0 Å². The maximum absolute atomic E-state index is 13.5. The first-order valence-electron chi connectivity index (χ1n) is 6.67. The maximum Gasteiger partial charge on any atom is 0.138 e. The zero-order chi connectivity index (χ0) is 15.2. The molecule has 0 bridgehead atoms. The van der Waals surface area contributed by atoms with E-state index in [1.54, 1.807) is 6.07 Å². The molecular weight excluding hydrogens is 401 g/mol. The van der Waals surface area contributed by atoms with Gasteiger partial charge in [0.15, 0.2) is 0 Å². The van der Waals surface area contributed by atoms with E-state index in [4.69, 9.17) is 4.74 Å². The van der Waals surface area contributed by atoms with E-state index in [9.17, 15) is 4.39 Å². The van der Waals surface area contributed by atoms with Crippen molar-refractivity contribution in [1.82, 2.24) is 5.32 Å². The first-order chi connectivity index (χ1) is 10.1. The van der Waals surface area contributed by atoms with Crippen LogP contribution in [0.5, 0.6) is 5.75 Å². The minimum atomic E-state index is -0.281. The number of benzene rings is 2. The van der Waals surface area contributed by atoms with Gasteiger partial charge in [-0.15, -0.1) is 0 Å². The lowest BCUT2D eigenvalue weighted by molar-refractivity contribution is 0.298. The normalized spacial score (nSPS) is 10.7. The Morgan fingerprint density at radius 3 is 2.57 bits per heavy atom. The van der Waals surface area contributed by atoms with Crippen molar-refractivity contribution in [1.29, 1.82) is 0 Å². The quantitative estimate of drug-likeness (QED) is 0.712. The predicted molar refractivity (Wildman–Crippen MR) is 90.0 cm³/mol. The van der Waals surface area contributed by atoms with Gasteiger partial charge in [0.05, 0.1) is 8.95 Å². The molecule has 2 aromatic rings. The Morgan fingerprint density at radius 1 is 1.10 bits per heavy atom. The Labute approximate surface area is 141 Å². The van der Waals surface area contributed by atoms with Crippen LogP contribution in [-0.4, -0.2) is 6.54 Å². The van der Waals surface area contributed by atoms with E-state index in [-0.39, 0.29) is 5.82 Å². The van der Waals surface area contributed by atoms with Crippen LogP contribution in [-0.2, 0) is 13.2 Å². The monoisotopic (exact) mass is 415 g/mol. The van der Waals surface area contributed by atoms with Crippen molar-refractivity contribution in [2.24, 2.45) is 0 Å². The molecule has 5 heteroatoms. The average molecular weight is 417 g/mol. The van der Waals surface area contributed by atoms with Crippen molar-refractivity contribution in [3.8, 4) is 5.75 Å². The third kappa shape index (κ3) is 4.28. The van der Waals surface area contributed by atoms with E-state index in [2.05, 4.69) is 44.1 Å². The number of nitrogens with one attached hydrogen (secondary N) is 1. The van der Waals surface area contributed by atoms with Gasteiger partial charge in [-0.1, -0.05) is 31.2 Å². The molecule has 0 spiro atoms. The van der Waals surface area contributed by atoms with Gasteiger partial charge in [0, 0.05) is 17.7 Å². The molecule has 2 rings (SSSR count). The zero-order valence-corrected chi connectivity index (χ0v) is 14.8. The highest BCUT2D eigenvalue weighted by atomic mass is 79.9. The molecule has 0 aliphatic heterocycles. The SMILES string of the molecule is CCNCc1cccc(Br)c1OCc1cccc(F)c1Br. The smallest absolute Gasteiger partial charge is 0.138 e. The summed E-state index contributed by atoms with van der Waals surface area (Å²) in [7, 11) is 0. The van der Waals surface area contributed by atoms with Crippen LogP contribution in [0, 0.1) is 5.82 Å². The summed E-state index contributed by atoms with van der Waals surface area (Å²) < 4.78 is 20.8. The van der Waals surface area contributed by atoms with Gasteiger partial charge in [-0.3, -0.25) is 0 Å². The van der Waals surface area contributed by atoms with Gasteiger partial charge < -0.3 is 10.1 Å². The lowest BCUT2D eigenvalue weighted by Gasteiger charge is -2.14. The van der Waals surface area contributed by atoms with Gasteiger partial charge in [0.25, 0.3) is 0 Å². The van der Waals surface area contributed by atoms with Crippen LogP contribution in [0.3, 0.4) is 0 Å². The van der Waals surface area contributed by atoms with E-state index >= 15 is 0 Å². The minimum Gasteiger partial charge on any atom is -0.487 e. The van der Waals surface area contributed by atoms with Crippen LogP contribution in [0.4, 0.5) is 4.39 Å². The number of rotatable bonds is 6. The molecule has 0 fully saturated rings. The van der Waals surface area contributed by atoms with Crippen molar-refractivity contribution in [2.45, 2.75) is 20.1 Å². The van der Waals surface area contributed by atoms with Gasteiger partial charge in [-0.2, -0.15) is 0 Å². The number of halogens is 3. The molecule has 1 N–H and O–H groups in total. The molecule has 2 aromatic carbocycles. The van der Waals surface area contributed by atoms with E-state index in [1.165, 1.54) is 6.07 Å². The number of hydrogen-bond acceptors (Lipinski definition) is 2. The van der Waals surface area contributed by atoms with Gasteiger partial charge in [-0.05, 0) is 50.5 Å². The summed E-state index contributed by atoms with van der Waals surface area (Å²) in [4.78, 5) is 0. The van der Waals surface area contributed by atoms with Crippen LogP contribution in [0.15, 0.2) is 45.3 Å². The van der Waals surface area contributed by atoms with Crippen molar-refractivity contribution < 1.29 is 9.13 Å². The second-order valence-corrected chi connectivity index (χ2v) is 6.16. The molecule has 0 atom stereocenters. The summed E-state index contributed by atoms with van der Waals surface area (Å²) in [5.41, 5.74) is 1.85. The summed E-state index contributed by atoms with van der Waals surface area (Å²) in [5.74, 6) is 0.505. The first kappa shape index (κ1) is 16.5. The van der Waals surface area contributed by atoms with Crippen molar-refractivity contribution >= 4 is 31.9 Å².